The first-order chi connectivity index (χ1) is 11.1. The average molecular weight is 315 g/mol. The molecule has 2 nitrogen and oxygen atoms in total. The van der Waals surface area contributed by atoms with Gasteiger partial charge in [-0.25, -0.2) is 8.78 Å². The average Bonchev–Trinajstić information content (AvgIpc) is 2.99. The lowest BCUT2D eigenvalue weighted by atomic mass is 10.0. The van der Waals surface area contributed by atoms with E-state index >= 15 is 0 Å². The van der Waals surface area contributed by atoms with Crippen LogP contribution < -0.4 is 0 Å². The van der Waals surface area contributed by atoms with E-state index in [0.717, 1.165) is 25.5 Å². The minimum Gasteiger partial charge on any atom is -0.296 e. The van der Waals surface area contributed by atoms with E-state index in [1.807, 2.05) is 30.3 Å². The summed E-state index contributed by atoms with van der Waals surface area (Å²) in [5.41, 5.74) is 1.06. The van der Waals surface area contributed by atoms with Crippen molar-refractivity contribution in [1.82, 2.24) is 4.90 Å². The van der Waals surface area contributed by atoms with Crippen LogP contribution in [0.5, 0.6) is 0 Å². The van der Waals surface area contributed by atoms with Crippen LogP contribution in [0.1, 0.15) is 35.2 Å². The molecule has 0 saturated carbocycles. The maximum absolute atomic E-state index is 13.8. The maximum Gasteiger partial charge on any atom is 0.164 e. The van der Waals surface area contributed by atoms with Gasteiger partial charge in [0, 0.05) is 30.1 Å². The van der Waals surface area contributed by atoms with E-state index in [1.54, 1.807) is 6.07 Å². The zero-order valence-corrected chi connectivity index (χ0v) is 12.8. The Bertz CT molecular complexity index is 687. The summed E-state index contributed by atoms with van der Waals surface area (Å²) in [6, 6.07) is 13.5. The molecule has 120 valence electrons. The van der Waals surface area contributed by atoms with Gasteiger partial charge < -0.3 is 0 Å². The summed E-state index contributed by atoms with van der Waals surface area (Å²) in [4.78, 5) is 14.4. The predicted octanol–water partition coefficient (Wildman–Crippen LogP) is 4.20. The van der Waals surface area contributed by atoms with Crippen molar-refractivity contribution in [1.29, 1.82) is 0 Å². The van der Waals surface area contributed by atoms with Crippen molar-refractivity contribution in [2.75, 3.05) is 6.54 Å². The summed E-state index contributed by atoms with van der Waals surface area (Å²) in [6.07, 6.45) is 2.31. The van der Waals surface area contributed by atoms with Gasteiger partial charge >= 0.3 is 0 Å². The number of hydrogen-bond donors (Lipinski definition) is 0. The van der Waals surface area contributed by atoms with E-state index in [9.17, 15) is 13.6 Å². The second-order valence-corrected chi connectivity index (χ2v) is 5.97. The molecule has 1 fully saturated rings. The number of carbonyl (C=O) groups excluding carboxylic acids is 1. The molecule has 0 bridgehead atoms. The van der Waals surface area contributed by atoms with Gasteiger partial charge in [-0.1, -0.05) is 42.5 Å². The molecule has 23 heavy (non-hydrogen) atoms. The van der Waals surface area contributed by atoms with Crippen LogP contribution in [0.15, 0.2) is 48.5 Å². The molecular weight excluding hydrogens is 296 g/mol. The molecule has 0 aromatic heterocycles. The Morgan fingerprint density at radius 3 is 2.65 bits per heavy atom. The van der Waals surface area contributed by atoms with Crippen molar-refractivity contribution in [2.24, 2.45) is 0 Å². The molecule has 1 heterocycles. The number of ketones is 1. The number of rotatable bonds is 5. The minimum atomic E-state index is -0.821. The van der Waals surface area contributed by atoms with Crippen molar-refractivity contribution in [3.63, 3.8) is 0 Å². The van der Waals surface area contributed by atoms with Crippen LogP contribution in [-0.2, 0) is 6.54 Å². The van der Waals surface area contributed by atoms with Crippen molar-refractivity contribution in [3.05, 3.63) is 71.3 Å². The number of halogens is 2. The zero-order valence-electron chi connectivity index (χ0n) is 12.8. The fraction of sp³-hybridized carbons (Fsp3) is 0.316. The Balaban J connectivity index is 1.68. The first-order valence-corrected chi connectivity index (χ1v) is 7.90. The van der Waals surface area contributed by atoms with Crippen LogP contribution in [-0.4, -0.2) is 23.3 Å². The normalized spacial score (nSPS) is 18.3. The summed E-state index contributed by atoms with van der Waals surface area (Å²) >= 11 is 0. The van der Waals surface area contributed by atoms with E-state index in [4.69, 9.17) is 0 Å². The number of nitrogens with zero attached hydrogens (tertiary/aromatic N) is 1. The molecular formula is C19H19F2NO. The molecule has 2 aromatic rings. The van der Waals surface area contributed by atoms with Crippen molar-refractivity contribution in [3.8, 4) is 0 Å². The molecule has 1 atom stereocenters. The first kappa shape index (κ1) is 15.8. The standard InChI is InChI=1S/C19H19F2NO/c20-17-10-4-8-15(19(17)21)13-22-11-5-9-16(22)12-18(23)14-6-2-1-3-7-14/h1-4,6-8,10,16H,5,9,11-13H2. The summed E-state index contributed by atoms with van der Waals surface area (Å²) < 4.78 is 27.2. The van der Waals surface area contributed by atoms with Crippen LogP contribution in [0.25, 0.3) is 0 Å². The van der Waals surface area contributed by atoms with Gasteiger partial charge in [-0.15, -0.1) is 0 Å². The van der Waals surface area contributed by atoms with Gasteiger partial charge in [0.1, 0.15) is 0 Å². The molecule has 0 N–H and O–H groups in total. The Morgan fingerprint density at radius 1 is 1.09 bits per heavy atom. The van der Waals surface area contributed by atoms with Crippen molar-refractivity contribution >= 4 is 5.78 Å². The van der Waals surface area contributed by atoms with Crippen LogP contribution in [0, 0.1) is 11.6 Å². The lowest BCUT2D eigenvalue weighted by Crippen LogP contribution is -2.31. The number of Topliss-reactive ketones (excluding diaryl/α,β-unsaturated/α-hetero) is 1. The third-order valence-corrected chi connectivity index (χ3v) is 4.42. The largest absolute Gasteiger partial charge is 0.296 e. The van der Waals surface area contributed by atoms with Crippen LogP contribution in [0.2, 0.25) is 0 Å². The lowest BCUT2D eigenvalue weighted by molar-refractivity contribution is 0.0938. The van der Waals surface area contributed by atoms with Gasteiger partial charge in [0.2, 0.25) is 0 Å². The molecule has 0 amide bonds. The molecule has 3 rings (SSSR count). The van der Waals surface area contributed by atoms with Gasteiger partial charge in [-0.3, -0.25) is 9.69 Å². The first-order valence-electron chi connectivity index (χ1n) is 7.90. The molecule has 1 aliphatic rings. The Hall–Kier alpha value is -2.07. The fourth-order valence-corrected chi connectivity index (χ4v) is 3.18. The molecule has 2 aromatic carbocycles. The van der Waals surface area contributed by atoms with Crippen molar-refractivity contribution < 1.29 is 13.6 Å². The predicted molar refractivity (Wildman–Crippen MR) is 85.2 cm³/mol. The van der Waals surface area contributed by atoms with Gasteiger partial charge in [0.05, 0.1) is 0 Å². The SMILES string of the molecule is O=C(CC1CCCN1Cc1cccc(F)c1F)c1ccccc1. The van der Waals surface area contributed by atoms with E-state index in [-0.39, 0.29) is 11.8 Å². The zero-order chi connectivity index (χ0) is 16.2. The summed E-state index contributed by atoms with van der Waals surface area (Å²) in [6.45, 7) is 1.15. The highest BCUT2D eigenvalue weighted by Crippen LogP contribution is 2.25. The highest BCUT2D eigenvalue weighted by molar-refractivity contribution is 5.96. The van der Waals surface area contributed by atoms with E-state index < -0.39 is 11.6 Å². The molecule has 0 aliphatic carbocycles. The monoisotopic (exact) mass is 315 g/mol. The van der Waals surface area contributed by atoms with E-state index in [1.165, 1.54) is 6.07 Å². The summed E-state index contributed by atoms with van der Waals surface area (Å²) in [5.74, 6) is -1.51. The maximum atomic E-state index is 13.8. The highest BCUT2D eigenvalue weighted by atomic mass is 19.2. The second-order valence-electron chi connectivity index (χ2n) is 5.97. The Labute approximate surface area is 134 Å². The van der Waals surface area contributed by atoms with Crippen LogP contribution in [0.3, 0.4) is 0 Å². The topological polar surface area (TPSA) is 20.3 Å². The molecule has 1 unspecified atom stereocenters. The van der Waals surface area contributed by atoms with Crippen molar-refractivity contribution in [2.45, 2.75) is 31.8 Å². The fourth-order valence-electron chi connectivity index (χ4n) is 3.18. The number of carbonyl (C=O) groups is 1. The number of hydrogen-bond acceptors (Lipinski definition) is 2. The third-order valence-electron chi connectivity index (χ3n) is 4.42. The molecule has 0 spiro atoms. The number of likely N-dealkylation sites (tertiary alicyclic amines) is 1. The van der Waals surface area contributed by atoms with Gasteiger partial charge in [-0.2, -0.15) is 0 Å². The highest BCUT2D eigenvalue weighted by Gasteiger charge is 2.27. The lowest BCUT2D eigenvalue weighted by Gasteiger charge is -2.24. The van der Waals surface area contributed by atoms with Gasteiger partial charge in [-0.05, 0) is 25.5 Å². The second kappa shape index (κ2) is 7.01. The van der Waals surface area contributed by atoms with E-state index in [0.29, 0.717) is 24.1 Å². The quantitative estimate of drug-likeness (QED) is 0.771. The number of benzene rings is 2. The third kappa shape index (κ3) is 3.64. The minimum absolute atomic E-state index is 0.0883. The molecule has 1 aliphatic heterocycles. The molecule has 1 saturated heterocycles. The van der Waals surface area contributed by atoms with Crippen LogP contribution in [0.4, 0.5) is 8.78 Å². The summed E-state index contributed by atoms with van der Waals surface area (Å²) in [7, 11) is 0. The van der Waals surface area contributed by atoms with Crippen LogP contribution >= 0.6 is 0 Å². The molecule has 4 heteroatoms. The Morgan fingerprint density at radius 2 is 1.87 bits per heavy atom. The van der Waals surface area contributed by atoms with Gasteiger partial charge in [0.15, 0.2) is 17.4 Å². The van der Waals surface area contributed by atoms with E-state index in [2.05, 4.69) is 4.90 Å². The molecule has 0 radical (unpaired) electrons. The Kier molecular flexibility index (Phi) is 4.82. The van der Waals surface area contributed by atoms with Gasteiger partial charge in [0.25, 0.3) is 0 Å². The smallest absolute Gasteiger partial charge is 0.164 e. The summed E-state index contributed by atoms with van der Waals surface area (Å²) in [5, 5.41) is 0.